The van der Waals surface area contributed by atoms with Crippen LogP contribution < -0.4 is 5.32 Å². The fourth-order valence-electron chi connectivity index (χ4n) is 3.84. The Bertz CT molecular complexity index is 665. The normalized spacial score (nSPS) is 20.4. The number of aliphatic hydroxyl groups is 1. The second-order valence-electron chi connectivity index (χ2n) is 7.47. The van der Waals surface area contributed by atoms with Crippen molar-refractivity contribution < 1.29 is 9.84 Å². The number of rotatable bonds is 6. The molecule has 1 fully saturated rings. The van der Waals surface area contributed by atoms with Gasteiger partial charge in [-0.05, 0) is 29.0 Å². The van der Waals surface area contributed by atoms with Crippen LogP contribution in [0.5, 0.6) is 0 Å². The molecule has 3 rings (SSSR count). The van der Waals surface area contributed by atoms with E-state index in [1.807, 2.05) is 6.07 Å². The molecule has 0 amide bonds. The summed E-state index contributed by atoms with van der Waals surface area (Å²) in [5.41, 5.74) is 2.68. The zero-order valence-corrected chi connectivity index (χ0v) is 15.2. The van der Waals surface area contributed by atoms with Crippen molar-refractivity contribution in [2.75, 3.05) is 19.7 Å². The van der Waals surface area contributed by atoms with Gasteiger partial charge in [0.25, 0.3) is 0 Å². The van der Waals surface area contributed by atoms with Gasteiger partial charge in [-0.2, -0.15) is 0 Å². The molecular formula is C22H29NO2. The Kier molecular flexibility index (Phi) is 5.89. The maximum absolute atomic E-state index is 11.6. The van der Waals surface area contributed by atoms with Crippen molar-refractivity contribution in [1.82, 2.24) is 5.32 Å². The van der Waals surface area contributed by atoms with Crippen LogP contribution in [-0.2, 0) is 11.2 Å². The van der Waals surface area contributed by atoms with Gasteiger partial charge in [-0.25, -0.2) is 0 Å². The fraction of sp³-hybridized carbons (Fsp3) is 0.455. The average Bonchev–Trinajstić information content (AvgIpc) is 2.63. The molecule has 0 aliphatic carbocycles. The van der Waals surface area contributed by atoms with Crippen molar-refractivity contribution in [3.05, 3.63) is 60.2 Å². The minimum absolute atomic E-state index is 0.174. The smallest absolute Gasteiger partial charge is 0.0989 e. The highest BCUT2D eigenvalue weighted by Gasteiger charge is 2.39. The summed E-state index contributed by atoms with van der Waals surface area (Å²) in [7, 11) is 0. The third kappa shape index (κ3) is 4.49. The lowest BCUT2D eigenvalue weighted by atomic mass is 9.80. The second-order valence-corrected chi connectivity index (χ2v) is 7.47. The summed E-state index contributed by atoms with van der Waals surface area (Å²) in [5.74, 6) is 0.402. The number of morpholine rings is 1. The van der Waals surface area contributed by atoms with Gasteiger partial charge in [-0.1, -0.05) is 68.4 Å². The van der Waals surface area contributed by atoms with E-state index in [1.165, 1.54) is 16.7 Å². The molecule has 1 aliphatic rings. The Balaban J connectivity index is 1.92. The molecule has 3 nitrogen and oxygen atoms in total. The molecule has 134 valence electrons. The van der Waals surface area contributed by atoms with E-state index < -0.39 is 5.60 Å². The summed E-state index contributed by atoms with van der Waals surface area (Å²) < 4.78 is 5.95. The van der Waals surface area contributed by atoms with Gasteiger partial charge in [0.05, 0.1) is 18.3 Å². The predicted molar refractivity (Wildman–Crippen MR) is 103 cm³/mol. The van der Waals surface area contributed by atoms with Crippen molar-refractivity contribution in [2.45, 2.75) is 38.4 Å². The molecule has 2 unspecified atom stereocenters. The summed E-state index contributed by atoms with van der Waals surface area (Å²) in [6.45, 7) is 6.53. The van der Waals surface area contributed by atoms with Crippen LogP contribution in [0.15, 0.2) is 54.6 Å². The van der Waals surface area contributed by atoms with Crippen LogP contribution in [0.4, 0.5) is 0 Å². The molecule has 0 aromatic heterocycles. The number of ether oxygens (including phenoxy) is 1. The highest BCUT2D eigenvalue weighted by molar-refractivity contribution is 5.67. The van der Waals surface area contributed by atoms with Crippen LogP contribution in [0.25, 0.3) is 11.1 Å². The maximum atomic E-state index is 11.6. The monoisotopic (exact) mass is 339 g/mol. The van der Waals surface area contributed by atoms with Crippen molar-refractivity contribution in [2.24, 2.45) is 5.92 Å². The molecule has 2 aromatic rings. The fourth-order valence-corrected chi connectivity index (χ4v) is 3.84. The van der Waals surface area contributed by atoms with E-state index in [0.29, 0.717) is 25.5 Å². The minimum Gasteiger partial charge on any atom is -0.387 e. The van der Waals surface area contributed by atoms with Gasteiger partial charge >= 0.3 is 0 Å². The lowest BCUT2D eigenvalue weighted by Gasteiger charge is -2.40. The lowest BCUT2D eigenvalue weighted by Crippen LogP contribution is -2.55. The topological polar surface area (TPSA) is 41.5 Å². The number of nitrogens with one attached hydrogen (secondary N) is 1. The first kappa shape index (κ1) is 18.1. The molecule has 2 N–H and O–H groups in total. The van der Waals surface area contributed by atoms with Gasteiger partial charge in [-0.15, -0.1) is 0 Å². The molecule has 2 aromatic carbocycles. The molecule has 0 saturated carbocycles. The Morgan fingerprint density at radius 1 is 1.12 bits per heavy atom. The Morgan fingerprint density at radius 3 is 2.52 bits per heavy atom. The van der Waals surface area contributed by atoms with Crippen LogP contribution >= 0.6 is 0 Å². The standard InChI is InChI=1S/C22H29NO2/c1-17(2)14-22(24,21-16-23-12-13-25-21)15-19-10-6-7-11-20(19)18-8-4-3-5-9-18/h3-11,17,21,23-24H,12-16H2,1-2H3. The van der Waals surface area contributed by atoms with E-state index in [1.54, 1.807) is 0 Å². The van der Waals surface area contributed by atoms with Crippen molar-refractivity contribution in [3.8, 4) is 11.1 Å². The third-order valence-corrected chi connectivity index (χ3v) is 4.89. The second kappa shape index (κ2) is 8.13. The van der Waals surface area contributed by atoms with Gasteiger partial charge in [-0.3, -0.25) is 0 Å². The molecule has 0 radical (unpaired) electrons. The minimum atomic E-state index is -0.869. The lowest BCUT2D eigenvalue weighted by molar-refractivity contribution is -0.127. The summed E-state index contributed by atoms with van der Waals surface area (Å²) in [4.78, 5) is 0. The van der Waals surface area contributed by atoms with Gasteiger partial charge in [0.1, 0.15) is 0 Å². The van der Waals surface area contributed by atoms with E-state index in [0.717, 1.165) is 13.0 Å². The molecule has 1 heterocycles. The van der Waals surface area contributed by atoms with Crippen LogP contribution in [0.3, 0.4) is 0 Å². The van der Waals surface area contributed by atoms with E-state index in [-0.39, 0.29) is 6.10 Å². The molecule has 1 saturated heterocycles. The van der Waals surface area contributed by atoms with Crippen LogP contribution in [-0.4, -0.2) is 36.5 Å². The summed E-state index contributed by atoms with van der Waals surface area (Å²) in [6, 6.07) is 18.8. The number of benzene rings is 2. The average molecular weight is 339 g/mol. The molecule has 25 heavy (non-hydrogen) atoms. The summed E-state index contributed by atoms with van der Waals surface area (Å²) in [5, 5.41) is 14.9. The van der Waals surface area contributed by atoms with E-state index in [2.05, 4.69) is 67.7 Å². The Morgan fingerprint density at radius 2 is 1.84 bits per heavy atom. The van der Waals surface area contributed by atoms with E-state index in [9.17, 15) is 5.11 Å². The maximum Gasteiger partial charge on any atom is 0.0989 e. The third-order valence-electron chi connectivity index (χ3n) is 4.89. The van der Waals surface area contributed by atoms with Gasteiger partial charge in [0, 0.05) is 19.5 Å². The highest BCUT2D eigenvalue weighted by Crippen LogP contribution is 2.32. The van der Waals surface area contributed by atoms with Crippen LogP contribution in [0.1, 0.15) is 25.8 Å². The van der Waals surface area contributed by atoms with Crippen LogP contribution in [0, 0.1) is 5.92 Å². The molecule has 0 bridgehead atoms. The van der Waals surface area contributed by atoms with Gasteiger partial charge in [0.2, 0.25) is 0 Å². The van der Waals surface area contributed by atoms with Crippen molar-refractivity contribution >= 4 is 0 Å². The largest absolute Gasteiger partial charge is 0.387 e. The van der Waals surface area contributed by atoms with Crippen molar-refractivity contribution in [3.63, 3.8) is 0 Å². The first-order chi connectivity index (χ1) is 12.1. The quantitative estimate of drug-likeness (QED) is 0.844. The number of hydrogen-bond donors (Lipinski definition) is 2. The molecular weight excluding hydrogens is 310 g/mol. The van der Waals surface area contributed by atoms with E-state index >= 15 is 0 Å². The SMILES string of the molecule is CC(C)CC(O)(Cc1ccccc1-c1ccccc1)C1CNCCO1. The van der Waals surface area contributed by atoms with Gasteiger partial charge < -0.3 is 15.2 Å². The first-order valence-corrected chi connectivity index (χ1v) is 9.26. The van der Waals surface area contributed by atoms with Crippen LogP contribution in [0.2, 0.25) is 0 Å². The molecule has 1 aliphatic heterocycles. The molecule has 2 atom stereocenters. The highest BCUT2D eigenvalue weighted by atomic mass is 16.5. The first-order valence-electron chi connectivity index (χ1n) is 9.26. The Hall–Kier alpha value is -1.68. The van der Waals surface area contributed by atoms with Gasteiger partial charge in [0.15, 0.2) is 0 Å². The van der Waals surface area contributed by atoms with E-state index in [4.69, 9.17) is 4.74 Å². The Labute approximate surface area is 151 Å². The zero-order chi connectivity index (χ0) is 17.7. The predicted octanol–water partition coefficient (Wildman–Crippen LogP) is 3.66. The molecule has 3 heteroatoms. The number of hydrogen-bond acceptors (Lipinski definition) is 3. The summed E-state index contributed by atoms with van der Waals surface area (Å²) in [6.07, 6.45) is 1.15. The zero-order valence-electron chi connectivity index (χ0n) is 15.2. The molecule has 0 spiro atoms. The van der Waals surface area contributed by atoms with Crippen molar-refractivity contribution in [1.29, 1.82) is 0 Å². The summed E-state index contributed by atoms with van der Waals surface area (Å²) >= 11 is 0.